The van der Waals surface area contributed by atoms with Crippen LogP contribution in [0.3, 0.4) is 0 Å². The van der Waals surface area contributed by atoms with Gasteiger partial charge in [-0.2, -0.15) is 0 Å². The zero-order valence-electron chi connectivity index (χ0n) is 14.2. The topological polar surface area (TPSA) is 26.0 Å². The summed E-state index contributed by atoms with van der Waals surface area (Å²) in [6.07, 6.45) is 23.8. The lowest BCUT2D eigenvalue weighted by atomic mass is 10.1. The molecule has 0 aliphatic rings. The highest BCUT2D eigenvalue weighted by atomic mass is 14.6. The molecule has 0 saturated heterocycles. The smallest absolute Gasteiger partial charge is 0.00104 e. The van der Waals surface area contributed by atoms with Crippen molar-refractivity contribution in [2.45, 2.75) is 110 Å². The minimum Gasteiger partial charge on any atom is -0.328 e. The van der Waals surface area contributed by atoms with Gasteiger partial charge in [-0.3, -0.25) is 0 Å². The Balaban J connectivity index is 3.03. The standard InChI is InChI=1S/C19H39N/c1-3-4-5-6-7-8-9-10-11-12-13-14-15-16-17-18-19(2)20/h8-9,19H,3-7,10-18,20H2,1-2H3/b9-8-. The zero-order chi connectivity index (χ0) is 14.9. The van der Waals surface area contributed by atoms with Gasteiger partial charge in [0.25, 0.3) is 0 Å². The molecule has 0 aliphatic heterocycles. The van der Waals surface area contributed by atoms with Crippen molar-refractivity contribution in [1.82, 2.24) is 0 Å². The molecule has 0 saturated carbocycles. The molecule has 1 atom stereocenters. The molecule has 0 spiro atoms. The fraction of sp³-hybridized carbons (Fsp3) is 0.895. The van der Waals surface area contributed by atoms with Crippen molar-refractivity contribution in [1.29, 1.82) is 0 Å². The third-order valence-corrected chi connectivity index (χ3v) is 3.92. The first-order valence-electron chi connectivity index (χ1n) is 9.18. The van der Waals surface area contributed by atoms with Gasteiger partial charge < -0.3 is 5.73 Å². The highest BCUT2D eigenvalue weighted by molar-refractivity contribution is 4.81. The number of unbranched alkanes of at least 4 members (excludes halogenated alkanes) is 11. The Morgan fingerprint density at radius 3 is 1.65 bits per heavy atom. The fourth-order valence-electron chi connectivity index (χ4n) is 2.54. The highest BCUT2D eigenvalue weighted by Gasteiger charge is 1.94. The predicted octanol–water partition coefficient (Wildman–Crippen LogP) is 6.37. The van der Waals surface area contributed by atoms with Crippen LogP contribution in [-0.2, 0) is 0 Å². The minimum atomic E-state index is 0.392. The van der Waals surface area contributed by atoms with Gasteiger partial charge in [0.1, 0.15) is 0 Å². The third kappa shape index (κ3) is 17.7. The molecule has 1 unspecified atom stereocenters. The number of allylic oxidation sites excluding steroid dienone is 2. The Hall–Kier alpha value is -0.300. The molecule has 0 bridgehead atoms. The van der Waals surface area contributed by atoms with Crippen molar-refractivity contribution < 1.29 is 0 Å². The molecule has 1 nitrogen and oxygen atoms in total. The van der Waals surface area contributed by atoms with Gasteiger partial charge in [-0.1, -0.05) is 76.9 Å². The molecule has 20 heavy (non-hydrogen) atoms. The van der Waals surface area contributed by atoms with Crippen LogP contribution in [0.1, 0.15) is 104 Å². The summed E-state index contributed by atoms with van der Waals surface area (Å²) in [7, 11) is 0. The van der Waals surface area contributed by atoms with Gasteiger partial charge >= 0.3 is 0 Å². The van der Waals surface area contributed by atoms with Gasteiger partial charge in [0.2, 0.25) is 0 Å². The zero-order valence-corrected chi connectivity index (χ0v) is 14.2. The lowest BCUT2D eigenvalue weighted by Crippen LogP contribution is -2.13. The molecule has 0 aromatic rings. The second-order valence-corrected chi connectivity index (χ2v) is 6.35. The highest BCUT2D eigenvalue weighted by Crippen LogP contribution is 2.11. The van der Waals surface area contributed by atoms with Crippen LogP contribution in [0, 0.1) is 0 Å². The van der Waals surface area contributed by atoms with E-state index >= 15 is 0 Å². The number of rotatable bonds is 15. The van der Waals surface area contributed by atoms with Crippen LogP contribution in [0.15, 0.2) is 12.2 Å². The van der Waals surface area contributed by atoms with Crippen LogP contribution < -0.4 is 5.73 Å². The largest absolute Gasteiger partial charge is 0.328 e. The van der Waals surface area contributed by atoms with Crippen LogP contribution in [0.2, 0.25) is 0 Å². The van der Waals surface area contributed by atoms with Crippen LogP contribution in [0.4, 0.5) is 0 Å². The van der Waals surface area contributed by atoms with Gasteiger partial charge in [0.05, 0.1) is 0 Å². The van der Waals surface area contributed by atoms with Gasteiger partial charge in [0, 0.05) is 6.04 Å². The van der Waals surface area contributed by atoms with Crippen molar-refractivity contribution in [2.75, 3.05) is 0 Å². The summed E-state index contributed by atoms with van der Waals surface area (Å²) in [6.45, 7) is 4.38. The fourth-order valence-corrected chi connectivity index (χ4v) is 2.54. The summed E-state index contributed by atoms with van der Waals surface area (Å²) in [4.78, 5) is 0. The monoisotopic (exact) mass is 281 g/mol. The minimum absolute atomic E-state index is 0.392. The first-order valence-corrected chi connectivity index (χ1v) is 9.18. The second-order valence-electron chi connectivity index (χ2n) is 6.35. The van der Waals surface area contributed by atoms with Gasteiger partial charge in [-0.05, 0) is 39.0 Å². The van der Waals surface area contributed by atoms with Crippen LogP contribution in [0.25, 0.3) is 0 Å². The van der Waals surface area contributed by atoms with Crippen LogP contribution in [0.5, 0.6) is 0 Å². The molecular formula is C19H39N. The van der Waals surface area contributed by atoms with E-state index < -0.39 is 0 Å². The summed E-state index contributed by atoms with van der Waals surface area (Å²) < 4.78 is 0. The van der Waals surface area contributed by atoms with Crippen molar-refractivity contribution >= 4 is 0 Å². The van der Waals surface area contributed by atoms with Crippen LogP contribution in [-0.4, -0.2) is 6.04 Å². The molecule has 0 fully saturated rings. The maximum Gasteiger partial charge on any atom is 0.00104 e. The maximum absolute atomic E-state index is 5.74. The van der Waals surface area contributed by atoms with E-state index in [9.17, 15) is 0 Å². The summed E-state index contributed by atoms with van der Waals surface area (Å²) in [5.41, 5.74) is 5.74. The molecule has 0 aromatic heterocycles. The summed E-state index contributed by atoms with van der Waals surface area (Å²) >= 11 is 0. The molecule has 2 N–H and O–H groups in total. The van der Waals surface area contributed by atoms with Gasteiger partial charge in [-0.25, -0.2) is 0 Å². The van der Waals surface area contributed by atoms with Gasteiger partial charge in [-0.15, -0.1) is 0 Å². The molecule has 0 radical (unpaired) electrons. The average Bonchev–Trinajstić information content (AvgIpc) is 2.43. The molecule has 1 heteroatoms. The van der Waals surface area contributed by atoms with E-state index in [1.54, 1.807) is 0 Å². The number of hydrogen-bond acceptors (Lipinski definition) is 1. The summed E-state index contributed by atoms with van der Waals surface area (Å²) in [5.74, 6) is 0. The summed E-state index contributed by atoms with van der Waals surface area (Å²) in [5, 5.41) is 0. The Bertz CT molecular complexity index is 196. The van der Waals surface area contributed by atoms with E-state index in [1.807, 2.05) is 0 Å². The van der Waals surface area contributed by atoms with Crippen molar-refractivity contribution in [3.63, 3.8) is 0 Å². The molecule has 0 aromatic carbocycles. The van der Waals surface area contributed by atoms with E-state index in [-0.39, 0.29) is 0 Å². The van der Waals surface area contributed by atoms with E-state index in [0.717, 1.165) is 0 Å². The second kappa shape index (κ2) is 16.8. The molecule has 0 rings (SSSR count). The Morgan fingerprint density at radius 2 is 1.15 bits per heavy atom. The molecule has 120 valence electrons. The normalized spacial score (nSPS) is 13.2. The quantitative estimate of drug-likeness (QED) is 0.274. The Morgan fingerprint density at radius 1 is 0.700 bits per heavy atom. The number of nitrogens with two attached hydrogens (primary N) is 1. The molecule has 0 amide bonds. The van der Waals surface area contributed by atoms with E-state index in [2.05, 4.69) is 26.0 Å². The van der Waals surface area contributed by atoms with E-state index in [4.69, 9.17) is 5.73 Å². The Labute approximate surface area is 128 Å². The van der Waals surface area contributed by atoms with E-state index in [0.29, 0.717) is 6.04 Å². The van der Waals surface area contributed by atoms with Crippen molar-refractivity contribution in [3.05, 3.63) is 12.2 Å². The van der Waals surface area contributed by atoms with Crippen molar-refractivity contribution in [3.8, 4) is 0 Å². The SMILES string of the molecule is CCCCCC/C=C\CCCCCCCCCC(C)N. The summed E-state index contributed by atoms with van der Waals surface area (Å²) in [6, 6.07) is 0.392. The third-order valence-electron chi connectivity index (χ3n) is 3.92. The average molecular weight is 282 g/mol. The molecule has 0 heterocycles. The predicted molar refractivity (Wildman–Crippen MR) is 93.1 cm³/mol. The van der Waals surface area contributed by atoms with Crippen LogP contribution >= 0.6 is 0 Å². The molecule has 0 aliphatic carbocycles. The van der Waals surface area contributed by atoms with Gasteiger partial charge in [0.15, 0.2) is 0 Å². The molecular weight excluding hydrogens is 242 g/mol. The lowest BCUT2D eigenvalue weighted by molar-refractivity contribution is 0.544. The van der Waals surface area contributed by atoms with Crippen molar-refractivity contribution in [2.24, 2.45) is 5.73 Å². The van der Waals surface area contributed by atoms with E-state index in [1.165, 1.54) is 89.9 Å². The maximum atomic E-state index is 5.74. The first kappa shape index (κ1) is 19.7. The number of hydrogen-bond donors (Lipinski definition) is 1. The Kier molecular flexibility index (Phi) is 16.5. The lowest BCUT2D eigenvalue weighted by Gasteiger charge is -2.04. The first-order chi connectivity index (χ1) is 9.77.